The van der Waals surface area contributed by atoms with Crippen LogP contribution in [0.25, 0.3) is 0 Å². The first-order valence-corrected chi connectivity index (χ1v) is 8.46. The molecule has 112 valence electrons. The van der Waals surface area contributed by atoms with Crippen molar-refractivity contribution in [2.24, 2.45) is 5.73 Å². The molecule has 1 fully saturated rings. The second-order valence-corrected chi connectivity index (χ2v) is 5.92. The molecule has 4 nitrogen and oxygen atoms in total. The van der Waals surface area contributed by atoms with Gasteiger partial charge in [0, 0.05) is 48.9 Å². The molecule has 1 aromatic carbocycles. The van der Waals surface area contributed by atoms with Crippen molar-refractivity contribution in [2.45, 2.75) is 17.9 Å². The lowest BCUT2D eigenvalue weighted by atomic mass is 10.1. The fourth-order valence-corrected chi connectivity index (χ4v) is 3.47. The van der Waals surface area contributed by atoms with Crippen molar-refractivity contribution in [2.75, 3.05) is 50.5 Å². The van der Waals surface area contributed by atoms with E-state index in [1.165, 1.54) is 16.1 Å². The van der Waals surface area contributed by atoms with Crippen molar-refractivity contribution >= 4 is 17.4 Å². The highest BCUT2D eigenvalue weighted by molar-refractivity contribution is 7.98. The molecule has 1 aromatic rings. The standard InChI is InChI=1S/C15H25N3OS/c1-20-15-5-2-4-14(13(15)12-16)18-7-3-6-17(8-9-18)10-11-19/h2,4-5,19H,3,6-12,16H2,1H3. The Bertz CT molecular complexity index is 428. The lowest BCUT2D eigenvalue weighted by Crippen LogP contribution is -2.33. The number of nitrogens with zero attached hydrogens (tertiary/aromatic N) is 2. The van der Waals surface area contributed by atoms with E-state index in [0.717, 1.165) is 39.1 Å². The van der Waals surface area contributed by atoms with Gasteiger partial charge in [-0.15, -0.1) is 11.8 Å². The number of thioether (sulfide) groups is 1. The first-order valence-electron chi connectivity index (χ1n) is 7.24. The van der Waals surface area contributed by atoms with Crippen LogP contribution in [0.5, 0.6) is 0 Å². The molecule has 1 heterocycles. The summed E-state index contributed by atoms with van der Waals surface area (Å²) in [6, 6.07) is 6.45. The highest BCUT2D eigenvalue weighted by Crippen LogP contribution is 2.30. The minimum absolute atomic E-state index is 0.246. The lowest BCUT2D eigenvalue weighted by Gasteiger charge is -2.26. The predicted octanol–water partition coefficient (Wildman–Crippen LogP) is 1.37. The average molecular weight is 295 g/mol. The molecule has 0 radical (unpaired) electrons. The van der Waals surface area contributed by atoms with Crippen molar-refractivity contribution in [3.63, 3.8) is 0 Å². The molecule has 0 unspecified atom stereocenters. The van der Waals surface area contributed by atoms with Gasteiger partial charge < -0.3 is 15.7 Å². The maximum Gasteiger partial charge on any atom is 0.0558 e. The molecular weight excluding hydrogens is 270 g/mol. The highest BCUT2D eigenvalue weighted by atomic mass is 32.2. The van der Waals surface area contributed by atoms with Crippen molar-refractivity contribution < 1.29 is 5.11 Å². The number of β-amino-alcohol motifs (C(OH)–C–C–N with tert-alkyl or cyclic N) is 1. The molecule has 0 spiro atoms. The minimum Gasteiger partial charge on any atom is -0.395 e. The smallest absolute Gasteiger partial charge is 0.0558 e. The number of benzene rings is 1. The number of anilines is 1. The Hall–Kier alpha value is -0.750. The Kier molecular flexibility index (Phi) is 6.16. The molecule has 0 atom stereocenters. The topological polar surface area (TPSA) is 52.7 Å². The molecule has 5 heteroatoms. The van der Waals surface area contributed by atoms with E-state index in [-0.39, 0.29) is 6.61 Å². The van der Waals surface area contributed by atoms with Crippen LogP contribution in [0.4, 0.5) is 5.69 Å². The Morgan fingerprint density at radius 2 is 2.10 bits per heavy atom. The van der Waals surface area contributed by atoms with E-state index < -0.39 is 0 Å². The fourth-order valence-electron chi connectivity index (χ4n) is 2.82. The van der Waals surface area contributed by atoms with E-state index in [4.69, 9.17) is 10.8 Å². The summed E-state index contributed by atoms with van der Waals surface area (Å²) in [4.78, 5) is 6.06. The van der Waals surface area contributed by atoms with E-state index in [2.05, 4.69) is 34.3 Å². The molecule has 1 saturated heterocycles. The van der Waals surface area contributed by atoms with Gasteiger partial charge in [0.15, 0.2) is 0 Å². The molecule has 0 aromatic heterocycles. The number of aliphatic hydroxyl groups excluding tert-OH is 1. The summed E-state index contributed by atoms with van der Waals surface area (Å²) in [7, 11) is 0. The van der Waals surface area contributed by atoms with Crippen LogP contribution in [0.3, 0.4) is 0 Å². The summed E-state index contributed by atoms with van der Waals surface area (Å²) >= 11 is 1.76. The van der Waals surface area contributed by atoms with Gasteiger partial charge in [-0.25, -0.2) is 0 Å². The van der Waals surface area contributed by atoms with Crippen LogP contribution < -0.4 is 10.6 Å². The normalized spacial score (nSPS) is 17.2. The zero-order valence-corrected chi connectivity index (χ0v) is 13.0. The maximum atomic E-state index is 9.07. The maximum absolute atomic E-state index is 9.07. The molecule has 2 rings (SSSR count). The SMILES string of the molecule is CSc1cccc(N2CCCN(CCO)CC2)c1CN. The van der Waals surface area contributed by atoms with Gasteiger partial charge in [-0.2, -0.15) is 0 Å². The summed E-state index contributed by atoms with van der Waals surface area (Å²) in [5, 5.41) is 9.07. The lowest BCUT2D eigenvalue weighted by molar-refractivity contribution is 0.204. The number of nitrogens with two attached hydrogens (primary N) is 1. The summed E-state index contributed by atoms with van der Waals surface area (Å²) in [5.41, 5.74) is 8.51. The third-order valence-corrected chi connectivity index (χ3v) is 4.70. The van der Waals surface area contributed by atoms with Crippen molar-refractivity contribution in [1.82, 2.24) is 4.90 Å². The van der Waals surface area contributed by atoms with Crippen molar-refractivity contribution in [3.8, 4) is 0 Å². The summed E-state index contributed by atoms with van der Waals surface area (Å²) < 4.78 is 0. The second kappa shape index (κ2) is 7.88. The van der Waals surface area contributed by atoms with Crippen molar-refractivity contribution in [3.05, 3.63) is 23.8 Å². The van der Waals surface area contributed by atoms with Crippen LogP contribution in [0.1, 0.15) is 12.0 Å². The van der Waals surface area contributed by atoms with Crippen LogP contribution in [0, 0.1) is 0 Å². The molecule has 20 heavy (non-hydrogen) atoms. The van der Waals surface area contributed by atoms with Gasteiger partial charge in [0.25, 0.3) is 0 Å². The Morgan fingerprint density at radius 1 is 1.25 bits per heavy atom. The van der Waals surface area contributed by atoms with Crippen LogP contribution in [0.2, 0.25) is 0 Å². The zero-order valence-electron chi connectivity index (χ0n) is 12.2. The Balaban J connectivity index is 2.15. The number of rotatable bonds is 5. The van der Waals surface area contributed by atoms with E-state index in [1.807, 2.05) is 0 Å². The molecule has 3 N–H and O–H groups in total. The first kappa shape index (κ1) is 15.6. The average Bonchev–Trinajstić information content (AvgIpc) is 2.72. The van der Waals surface area contributed by atoms with Crippen LogP contribution in [0.15, 0.2) is 23.1 Å². The number of hydrogen-bond acceptors (Lipinski definition) is 5. The van der Waals surface area contributed by atoms with E-state index in [9.17, 15) is 0 Å². The van der Waals surface area contributed by atoms with Gasteiger partial charge in [-0.05, 0) is 31.4 Å². The Labute approximate surface area is 125 Å². The van der Waals surface area contributed by atoms with Gasteiger partial charge in [0.05, 0.1) is 6.61 Å². The van der Waals surface area contributed by atoms with E-state index in [1.54, 1.807) is 11.8 Å². The predicted molar refractivity (Wildman–Crippen MR) is 86.5 cm³/mol. The highest BCUT2D eigenvalue weighted by Gasteiger charge is 2.17. The molecule has 1 aliphatic rings. The third kappa shape index (κ3) is 3.67. The van der Waals surface area contributed by atoms with E-state index >= 15 is 0 Å². The van der Waals surface area contributed by atoms with Gasteiger partial charge >= 0.3 is 0 Å². The van der Waals surface area contributed by atoms with Crippen LogP contribution >= 0.6 is 11.8 Å². The van der Waals surface area contributed by atoms with Gasteiger partial charge in [-0.3, -0.25) is 4.90 Å². The van der Waals surface area contributed by atoms with Gasteiger partial charge in [0.1, 0.15) is 0 Å². The summed E-state index contributed by atoms with van der Waals surface area (Å²) in [6.45, 7) is 5.75. The second-order valence-electron chi connectivity index (χ2n) is 5.07. The van der Waals surface area contributed by atoms with Crippen molar-refractivity contribution in [1.29, 1.82) is 0 Å². The number of aliphatic hydroxyl groups is 1. The van der Waals surface area contributed by atoms with Gasteiger partial charge in [-0.1, -0.05) is 6.07 Å². The quantitative estimate of drug-likeness (QED) is 0.804. The molecule has 0 saturated carbocycles. The zero-order chi connectivity index (χ0) is 14.4. The molecule has 0 aliphatic carbocycles. The largest absolute Gasteiger partial charge is 0.395 e. The van der Waals surface area contributed by atoms with Gasteiger partial charge in [0.2, 0.25) is 0 Å². The fraction of sp³-hybridized carbons (Fsp3) is 0.600. The number of hydrogen-bond donors (Lipinski definition) is 2. The van der Waals surface area contributed by atoms with Crippen LogP contribution in [-0.2, 0) is 6.54 Å². The molecule has 1 aliphatic heterocycles. The molecular formula is C15H25N3OS. The molecule has 0 amide bonds. The summed E-state index contributed by atoms with van der Waals surface area (Å²) in [6.07, 6.45) is 3.23. The Morgan fingerprint density at radius 3 is 2.80 bits per heavy atom. The van der Waals surface area contributed by atoms with Crippen LogP contribution in [-0.4, -0.2) is 55.6 Å². The van der Waals surface area contributed by atoms with E-state index in [0.29, 0.717) is 6.54 Å². The minimum atomic E-state index is 0.246. The first-order chi connectivity index (χ1) is 9.80. The molecule has 0 bridgehead atoms. The monoisotopic (exact) mass is 295 g/mol. The summed E-state index contributed by atoms with van der Waals surface area (Å²) in [5.74, 6) is 0. The third-order valence-electron chi connectivity index (χ3n) is 3.88.